The summed E-state index contributed by atoms with van der Waals surface area (Å²) in [5.41, 5.74) is 3.26. The van der Waals surface area contributed by atoms with E-state index in [0.717, 1.165) is 22.4 Å². The van der Waals surface area contributed by atoms with E-state index < -0.39 is 0 Å². The molecule has 0 radical (unpaired) electrons. The van der Waals surface area contributed by atoms with Crippen LogP contribution in [-0.2, 0) is 17.8 Å². The normalized spacial score (nSPS) is 10.5. The molecular weight excluding hydrogens is 294 g/mol. The van der Waals surface area contributed by atoms with Gasteiger partial charge in [-0.1, -0.05) is 42.5 Å². The molecule has 2 aromatic rings. The van der Waals surface area contributed by atoms with Crippen molar-refractivity contribution in [3.05, 3.63) is 65.2 Å². The van der Waals surface area contributed by atoms with Gasteiger partial charge in [0.2, 0.25) is 5.91 Å². The highest BCUT2D eigenvalue weighted by Gasteiger charge is 2.04. The van der Waals surface area contributed by atoms with Gasteiger partial charge in [-0.25, -0.2) is 0 Å². The van der Waals surface area contributed by atoms with Crippen LogP contribution in [0.5, 0.6) is 0 Å². The zero-order chi connectivity index (χ0) is 15.8. The highest BCUT2D eigenvalue weighted by atomic mass is 32.2. The van der Waals surface area contributed by atoms with E-state index in [9.17, 15) is 4.79 Å². The van der Waals surface area contributed by atoms with E-state index in [4.69, 9.17) is 5.11 Å². The van der Waals surface area contributed by atoms with Crippen molar-refractivity contribution < 1.29 is 9.90 Å². The van der Waals surface area contributed by atoms with Crippen molar-refractivity contribution in [3.63, 3.8) is 0 Å². The molecule has 0 aromatic heterocycles. The number of carbonyl (C=O) groups excluding carboxylic acids is 1. The van der Waals surface area contributed by atoms with Crippen LogP contribution < -0.4 is 5.32 Å². The van der Waals surface area contributed by atoms with Crippen LogP contribution in [0.4, 0.5) is 0 Å². The molecule has 4 heteroatoms. The molecule has 0 saturated heterocycles. The van der Waals surface area contributed by atoms with E-state index in [-0.39, 0.29) is 12.5 Å². The minimum absolute atomic E-state index is 0.0558. The van der Waals surface area contributed by atoms with Crippen LogP contribution in [0.25, 0.3) is 0 Å². The summed E-state index contributed by atoms with van der Waals surface area (Å²) in [6.45, 7) is 2.75. The van der Waals surface area contributed by atoms with Gasteiger partial charge < -0.3 is 10.4 Å². The lowest BCUT2D eigenvalue weighted by Gasteiger charge is -2.07. The first-order chi connectivity index (χ1) is 10.7. The van der Waals surface area contributed by atoms with Gasteiger partial charge in [-0.05, 0) is 36.1 Å². The minimum atomic E-state index is 0.0558. The summed E-state index contributed by atoms with van der Waals surface area (Å²) in [5.74, 6) is 0.495. The third-order valence-corrected chi connectivity index (χ3v) is 4.57. The average molecular weight is 315 g/mol. The van der Waals surface area contributed by atoms with Crippen molar-refractivity contribution in [1.29, 1.82) is 0 Å². The maximum absolute atomic E-state index is 11.9. The van der Waals surface area contributed by atoms with Crippen LogP contribution in [0.3, 0.4) is 0 Å². The monoisotopic (exact) mass is 315 g/mol. The van der Waals surface area contributed by atoms with Crippen molar-refractivity contribution in [2.24, 2.45) is 0 Å². The first-order valence-electron chi connectivity index (χ1n) is 7.33. The number of aryl methyl sites for hydroxylation is 1. The van der Waals surface area contributed by atoms with E-state index >= 15 is 0 Å². The minimum Gasteiger partial charge on any atom is -0.392 e. The molecule has 22 heavy (non-hydrogen) atoms. The molecule has 2 aromatic carbocycles. The van der Waals surface area contributed by atoms with Gasteiger partial charge in [-0.3, -0.25) is 4.79 Å². The van der Waals surface area contributed by atoms with Gasteiger partial charge in [-0.15, -0.1) is 11.8 Å². The molecule has 0 unspecified atom stereocenters. The van der Waals surface area contributed by atoms with Crippen LogP contribution in [0.15, 0.2) is 53.4 Å². The lowest BCUT2D eigenvalue weighted by atomic mass is 10.1. The predicted molar refractivity (Wildman–Crippen MR) is 91.0 cm³/mol. The summed E-state index contributed by atoms with van der Waals surface area (Å²) in [6, 6.07) is 15.9. The van der Waals surface area contributed by atoms with Crippen molar-refractivity contribution in [2.45, 2.75) is 24.8 Å². The molecule has 2 rings (SSSR count). The van der Waals surface area contributed by atoms with E-state index in [2.05, 4.69) is 18.3 Å². The van der Waals surface area contributed by atoms with Crippen molar-refractivity contribution in [2.75, 3.05) is 12.3 Å². The fourth-order valence-electron chi connectivity index (χ4n) is 2.07. The van der Waals surface area contributed by atoms with Crippen LogP contribution >= 0.6 is 11.8 Å². The van der Waals surface area contributed by atoms with Gasteiger partial charge in [0.15, 0.2) is 0 Å². The molecule has 116 valence electrons. The molecule has 0 aliphatic rings. The van der Waals surface area contributed by atoms with E-state index in [1.54, 1.807) is 11.8 Å². The summed E-state index contributed by atoms with van der Waals surface area (Å²) >= 11 is 1.57. The zero-order valence-electron chi connectivity index (χ0n) is 12.7. The third kappa shape index (κ3) is 5.20. The maximum Gasteiger partial charge on any atom is 0.230 e. The number of rotatable bonds is 7. The number of benzene rings is 2. The van der Waals surface area contributed by atoms with Gasteiger partial charge in [0, 0.05) is 11.4 Å². The fourth-order valence-corrected chi connectivity index (χ4v) is 2.93. The van der Waals surface area contributed by atoms with Crippen LogP contribution in [-0.4, -0.2) is 23.3 Å². The Bertz CT molecular complexity index is 611. The first kappa shape index (κ1) is 16.6. The molecule has 0 aliphatic carbocycles. The van der Waals surface area contributed by atoms with Gasteiger partial charge >= 0.3 is 0 Å². The number of hydrogen-bond acceptors (Lipinski definition) is 3. The summed E-state index contributed by atoms with van der Waals surface area (Å²) in [7, 11) is 0. The standard InChI is InChI=1S/C18H21NO2S/c1-14-4-2-3-5-17(14)22-13-18(21)19-11-10-15-6-8-16(12-20)9-7-15/h2-9,20H,10-13H2,1H3,(H,19,21). The third-order valence-electron chi connectivity index (χ3n) is 3.39. The Hall–Kier alpha value is -1.78. The second-order valence-electron chi connectivity index (χ2n) is 5.13. The summed E-state index contributed by atoms with van der Waals surface area (Å²) in [5, 5.41) is 11.9. The quantitative estimate of drug-likeness (QED) is 0.772. The number of aliphatic hydroxyl groups excluding tert-OH is 1. The lowest BCUT2D eigenvalue weighted by molar-refractivity contribution is -0.118. The number of amides is 1. The Kier molecular flexibility index (Phi) is 6.49. The van der Waals surface area contributed by atoms with Crippen LogP contribution in [0.1, 0.15) is 16.7 Å². The second-order valence-corrected chi connectivity index (χ2v) is 6.15. The molecule has 3 nitrogen and oxygen atoms in total. The Morgan fingerprint density at radius 2 is 1.77 bits per heavy atom. The average Bonchev–Trinajstić information content (AvgIpc) is 2.55. The molecule has 0 saturated carbocycles. The first-order valence-corrected chi connectivity index (χ1v) is 8.31. The Balaban J connectivity index is 1.70. The molecule has 2 N–H and O–H groups in total. The van der Waals surface area contributed by atoms with Gasteiger partial charge in [0.25, 0.3) is 0 Å². The van der Waals surface area contributed by atoms with Crippen molar-refractivity contribution in [3.8, 4) is 0 Å². The smallest absolute Gasteiger partial charge is 0.230 e. The Morgan fingerprint density at radius 1 is 1.09 bits per heavy atom. The van der Waals surface area contributed by atoms with Crippen LogP contribution in [0, 0.1) is 6.92 Å². The Labute approximate surface area is 135 Å². The van der Waals surface area contributed by atoms with Crippen molar-refractivity contribution in [1.82, 2.24) is 5.32 Å². The fraction of sp³-hybridized carbons (Fsp3) is 0.278. The molecule has 0 heterocycles. The highest BCUT2D eigenvalue weighted by molar-refractivity contribution is 8.00. The predicted octanol–water partition coefficient (Wildman–Crippen LogP) is 2.94. The Morgan fingerprint density at radius 3 is 2.45 bits per heavy atom. The van der Waals surface area contributed by atoms with Gasteiger partial charge in [0.1, 0.15) is 0 Å². The molecule has 0 aliphatic heterocycles. The van der Waals surface area contributed by atoms with Crippen molar-refractivity contribution >= 4 is 17.7 Å². The topological polar surface area (TPSA) is 49.3 Å². The maximum atomic E-state index is 11.9. The van der Waals surface area contributed by atoms with E-state index in [1.165, 1.54) is 5.56 Å². The highest BCUT2D eigenvalue weighted by Crippen LogP contribution is 2.21. The number of nitrogens with one attached hydrogen (secondary N) is 1. The molecule has 0 atom stereocenters. The number of thioether (sulfide) groups is 1. The number of carbonyl (C=O) groups is 1. The summed E-state index contributed by atoms with van der Waals surface area (Å²) < 4.78 is 0. The second kappa shape index (κ2) is 8.61. The summed E-state index contributed by atoms with van der Waals surface area (Å²) in [6.07, 6.45) is 0.798. The molecule has 0 spiro atoms. The van der Waals surface area contributed by atoms with E-state index in [1.807, 2.05) is 42.5 Å². The largest absolute Gasteiger partial charge is 0.392 e. The van der Waals surface area contributed by atoms with E-state index in [0.29, 0.717) is 12.3 Å². The van der Waals surface area contributed by atoms with Gasteiger partial charge in [0.05, 0.1) is 12.4 Å². The molecular formula is C18H21NO2S. The zero-order valence-corrected chi connectivity index (χ0v) is 13.5. The van der Waals surface area contributed by atoms with Gasteiger partial charge in [-0.2, -0.15) is 0 Å². The molecule has 0 bridgehead atoms. The molecule has 0 fully saturated rings. The van der Waals surface area contributed by atoms with Crippen LogP contribution in [0.2, 0.25) is 0 Å². The SMILES string of the molecule is Cc1ccccc1SCC(=O)NCCc1ccc(CO)cc1. The summed E-state index contributed by atoms with van der Waals surface area (Å²) in [4.78, 5) is 13.0. The molecule has 1 amide bonds. The lowest BCUT2D eigenvalue weighted by Crippen LogP contribution is -2.27. The number of aliphatic hydroxyl groups is 1. The number of hydrogen-bond donors (Lipinski definition) is 2.